The maximum absolute atomic E-state index is 13.3. The predicted molar refractivity (Wildman–Crippen MR) is 66.7 cm³/mol. The molecule has 4 nitrogen and oxygen atoms in total. The Hall–Kier alpha value is -2.01. The number of rotatable bonds is 4. The largest absolute Gasteiger partial charge is 0.494 e. The Labute approximate surface area is 105 Å². The summed E-state index contributed by atoms with van der Waals surface area (Å²) in [5.41, 5.74) is 1.72. The van der Waals surface area contributed by atoms with E-state index in [2.05, 4.69) is 15.3 Å². The Morgan fingerprint density at radius 3 is 2.61 bits per heavy atom. The number of nitrogens with one attached hydrogen (secondary N) is 1. The maximum Gasteiger partial charge on any atom is 0.165 e. The van der Waals surface area contributed by atoms with Gasteiger partial charge in [-0.05, 0) is 25.2 Å². The van der Waals surface area contributed by atoms with E-state index < -0.39 is 5.82 Å². The van der Waals surface area contributed by atoms with Crippen molar-refractivity contribution in [3.05, 3.63) is 42.0 Å². The van der Waals surface area contributed by atoms with Crippen molar-refractivity contribution < 1.29 is 9.13 Å². The maximum atomic E-state index is 13.3. The van der Waals surface area contributed by atoms with Gasteiger partial charge in [-0.1, -0.05) is 0 Å². The van der Waals surface area contributed by atoms with Crippen molar-refractivity contribution >= 4 is 0 Å². The van der Waals surface area contributed by atoms with Gasteiger partial charge in [0.1, 0.15) is 0 Å². The van der Waals surface area contributed by atoms with Crippen LogP contribution >= 0.6 is 0 Å². The van der Waals surface area contributed by atoms with Gasteiger partial charge >= 0.3 is 0 Å². The van der Waals surface area contributed by atoms with Crippen LogP contribution in [0.25, 0.3) is 11.4 Å². The van der Waals surface area contributed by atoms with E-state index in [1.54, 1.807) is 24.5 Å². The summed E-state index contributed by atoms with van der Waals surface area (Å²) in [4.78, 5) is 8.49. The van der Waals surface area contributed by atoms with Crippen LogP contribution < -0.4 is 10.1 Å². The van der Waals surface area contributed by atoms with Crippen LogP contribution in [-0.2, 0) is 6.54 Å². The van der Waals surface area contributed by atoms with E-state index in [9.17, 15) is 4.39 Å². The zero-order valence-corrected chi connectivity index (χ0v) is 10.3. The van der Waals surface area contributed by atoms with Gasteiger partial charge in [-0.3, -0.25) is 0 Å². The molecule has 0 unspecified atom stereocenters. The van der Waals surface area contributed by atoms with Crippen molar-refractivity contribution in [1.29, 1.82) is 0 Å². The second-order valence-electron chi connectivity index (χ2n) is 3.79. The second kappa shape index (κ2) is 5.55. The first-order chi connectivity index (χ1) is 8.74. The fraction of sp³-hybridized carbons (Fsp3) is 0.231. The van der Waals surface area contributed by atoms with Gasteiger partial charge in [0.15, 0.2) is 17.4 Å². The van der Waals surface area contributed by atoms with Gasteiger partial charge in [0.2, 0.25) is 0 Å². The minimum Gasteiger partial charge on any atom is -0.494 e. The Morgan fingerprint density at radius 2 is 2.00 bits per heavy atom. The molecule has 2 aromatic rings. The van der Waals surface area contributed by atoms with Crippen molar-refractivity contribution in [1.82, 2.24) is 15.3 Å². The lowest BCUT2D eigenvalue weighted by Gasteiger charge is -2.05. The monoisotopic (exact) mass is 247 g/mol. The molecule has 0 amide bonds. The van der Waals surface area contributed by atoms with Gasteiger partial charge in [-0.15, -0.1) is 0 Å². The summed E-state index contributed by atoms with van der Waals surface area (Å²) in [6.45, 7) is 0.715. The van der Waals surface area contributed by atoms with E-state index in [0.29, 0.717) is 12.4 Å². The molecule has 1 aromatic heterocycles. The average Bonchev–Trinajstić information content (AvgIpc) is 2.41. The van der Waals surface area contributed by atoms with E-state index in [1.165, 1.54) is 13.2 Å². The van der Waals surface area contributed by atoms with Crippen molar-refractivity contribution in [3.8, 4) is 17.1 Å². The summed E-state index contributed by atoms with van der Waals surface area (Å²) < 4.78 is 18.2. The third-order valence-electron chi connectivity index (χ3n) is 2.50. The highest BCUT2D eigenvalue weighted by Gasteiger charge is 2.07. The number of benzene rings is 1. The zero-order valence-electron chi connectivity index (χ0n) is 10.3. The van der Waals surface area contributed by atoms with Gasteiger partial charge in [-0.25, -0.2) is 14.4 Å². The normalized spacial score (nSPS) is 10.4. The standard InChI is InChI=1S/C13H14FN3O/c1-15-6-9-7-16-13(17-8-9)10-3-4-11(14)12(5-10)18-2/h3-5,7-8,15H,6H2,1-2H3. The van der Waals surface area contributed by atoms with Crippen LogP contribution in [0.15, 0.2) is 30.6 Å². The van der Waals surface area contributed by atoms with Crippen LogP contribution in [0.2, 0.25) is 0 Å². The van der Waals surface area contributed by atoms with E-state index in [1.807, 2.05) is 7.05 Å². The molecule has 0 atom stereocenters. The highest BCUT2D eigenvalue weighted by atomic mass is 19.1. The van der Waals surface area contributed by atoms with Crippen molar-refractivity contribution in [3.63, 3.8) is 0 Å². The van der Waals surface area contributed by atoms with Crippen LogP contribution in [0, 0.1) is 5.82 Å². The molecule has 0 saturated heterocycles. The summed E-state index contributed by atoms with van der Waals surface area (Å²) in [6.07, 6.45) is 3.49. The second-order valence-corrected chi connectivity index (χ2v) is 3.79. The van der Waals surface area contributed by atoms with Gasteiger partial charge in [-0.2, -0.15) is 0 Å². The molecular weight excluding hydrogens is 233 g/mol. The van der Waals surface area contributed by atoms with Crippen molar-refractivity contribution in [2.75, 3.05) is 14.2 Å². The summed E-state index contributed by atoms with van der Waals surface area (Å²) in [5.74, 6) is 0.344. The van der Waals surface area contributed by atoms with Crippen LogP contribution in [0.1, 0.15) is 5.56 Å². The first-order valence-electron chi connectivity index (χ1n) is 5.54. The molecule has 0 aliphatic rings. The van der Waals surface area contributed by atoms with Gasteiger partial charge in [0, 0.05) is 30.1 Å². The molecule has 0 spiro atoms. The number of hydrogen-bond donors (Lipinski definition) is 1. The van der Waals surface area contributed by atoms with Crippen molar-refractivity contribution in [2.45, 2.75) is 6.54 Å². The number of nitrogens with zero attached hydrogens (tertiary/aromatic N) is 2. The van der Waals surface area contributed by atoms with E-state index in [4.69, 9.17) is 4.74 Å². The lowest BCUT2D eigenvalue weighted by atomic mass is 10.2. The Morgan fingerprint density at radius 1 is 1.28 bits per heavy atom. The number of hydrogen-bond acceptors (Lipinski definition) is 4. The molecule has 0 radical (unpaired) electrons. The molecule has 5 heteroatoms. The topological polar surface area (TPSA) is 47.0 Å². The molecule has 0 saturated carbocycles. The van der Waals surface area contributed by atoms with E-state index in [-0.39, 0.29) is 5.75 Å². The molecule has 94 valence electrons. The third-order valence-corrected chi connectivity index (χ3v) is 2.50. The summed E-state index contributed by atoms with van der Waals surface area (Å²) in [5, 5.41) is 3.02. The highest BCUT2D eigenvalue weighted by Crippen LogP contribution is 2.23. The van der Waals surface area contributed by atoms with Gasteiger partial charge < -0.3 is 10.1 Å². The molecule has 1 heterocycles. The average molecular weight is 247 g/mol. The first kappa shape index (κ1) is 12.4. The molecule has 0 aliphatic carbocycles. The molecule has 0 aliphatic heterocycles. The minimum atomic E-state index is -0.395. The van der Waals surface area contributed by atoms with E-state index in [0.717, 1.165) is 11.1 Å². The minimum absolute atomic E-state index is 0.190. The summed E-state index contributed by atoms with van der Waals surface area (Å²) in [7, 11) is 3.29. The number of ether oxygens (including phenoxy) is 1. The molecule has 2 rings (SSSR count). The molecule has 0 fully saturated rings. The lowest BCUT2D eigenvalue weighted by molar-refractivity contribution is 0.387. The molecule has 18 heavy (non-hydrogen) atoms. The summed E-state index contributed by atoms with van der Waals surface area (Å²) in [6, 6.07) is 4.56. The first-order valence-corrected chi connectivity index (χ1v) is 5.54. The fourth-order valence-electron chi connectivity index (χ4n) is 1.60. The summed E-state index contributed by atoms with van der Waals surface area (Å²) >= 11 is 0. The fourth-order valence-corrected chi connectivity index (χ4v) is 1.60. The Bertz CT molecular complexity index is 528. The van der Waals surface area contributed by atoms with Crippen molar-refractivity contribution in [2.24, 2.45) is 0 Å². The predicted octanol–water partition coefficient (Wildman–Crippen LogP) is 2.01. The van der Waals surface area contributed by atoms with Crippen LogP contribution in [0.3, 0.4) is 0 Å². The Balaban J connectivity index is 2.30. The molecule has 1 N–H and O–H groups in total. The van der Waals surface area contributed by atoms with Crippen LogP contribution in [0.4, 0.5) is 4.39 Å². The number of halogens is 1. The molecule has 1 aromatic carbocycles. The molecular formula is C13H14FN3O. The Kier molecular flexibility index (Phi) is 3.84. The third kappa shape index (κ3) is 2.62. The van der Waals surface area contributed by atoms with E-state index >= 15 is 0 Å². The van der Waals surface area contributed by atoms with Gasteiger partial charge in [0.25, 0.3) is 0 Å². The SMILES string of the molecule is CNCc1cnc(-c2ccc(F)c(OC)c2)nc1. The highest BCUT2D eigenvalue weighted by molar-refractivity contribution is 5.57. The zero-order chi connectivity index (χ0) is 13.0. The van der Waals surface area contributed by atoms with Gasteiger partial charge in [0.05, 0.1) is 7.11 Å². The number of methoxy groups -OCH3 is 1. The van der Waals surface area contributed by atoms with Crippen LogP contribution in [0.5, 0.6) is 5.75 Å². The lowest BCUT2D eigenvalue weighted by Crippen LogP contribution is -2.06. The van der Waals surface area contributed by atoms with Crippen LogP contribution in [-0.4, -0.2) is 24.1 Å². The number of aromatic nitrogens is 2. The quantitative estimate of drug-likeness (QED) is 0.897. The molecule has 0 bridgehead atoms. The smallest absolute Gasteiger partial charge is 0.165 e.